The second-order valence-corrected chi connectivity index (χ2v) is 13.8. The minimum Gasteiger partial charge on any atom is -0.332 e. The number of hydrogen-bond donors (Lipinski definition) is 1. The van der Waals surface area contributed by atoms with Crippen LogP contribution in [-0.4, -0.2) is 30.1 Å². The molecule has 0 spiro atoms. The molecule has 1 N–H and O–H groups in total. The van der Waals surface area contributed by atoms with Crippen LogP contribution in [0.4, 0.5) is 64.1 Å². The molecule has 0 heterocycles. The second kappa shape index (κ2) is 14.4. The Morgan fingerprint density at radius 1 is 0.887 bits per heavy atom. The molecule has 2 unspecified atom stereocenters. The molecule has 53 heavy (non-hydrogen) atoms. The summed E-state index contributed by atoms with van der Waals surface area (Å²) in [5.74, 6) is -8.55. The molecule has 2 atom stereocenters. The van der Waals surface area contributed by atoms with E-state index in [1.54, 1.807) is 13.8 Å². The van der Waals surface area contributed by atoms with Crippen LogP contribution in [0.25, 0.3) is 0 Å². The Kier molecular flexibility index (Phi) is 11.3. The number of halogens is 15. The van der Waals surface area contributed by atoms with Gasteiger partial charge in [-0.2, -0.15) is 39.5 Å². The number of nitrogens with zero attached hydrogens (tertiary/aromatic N) is 1. The maximum absolute atomic E-state index is 16.1. The van der Waals surface area contributed by atoms with E-state index in [2.05, 4.69) is 15.9 Å². The van der Waals surface area contributed by atoms with Crippen molar-refractivity contribution in [1.82, 2.24) is 0 Å². The van der Waals surface area contributed by atoms with Crippen molar-refractivity contribution in [3.63, 3.8) is 0 Å². The maximum Gasteiger partial charge on any atom is 0.435 e. The first kappa shape index (κ1) is 41.8. The van der Waals surface area contributed by atoms with Crippen LogP contribution < -0.4 is 10.4 Å². The third-order valence-electron chi connectivity index (χ3n) is 8.18. The zero-order valence-electron chi connectivity index (χ0n) is 26.2. The first-order chi connectivity index (χ1) is 24.1. The smallest absolute Gasteiger partial charge is 0.332 e. The molecule has 1 aliphatic rings. The highest BCUT2D eigenvalue weighted by Gasteiger charge is 2.74. The van der Waals surface area contributed by atoms with Crippen molar-refractivity contribution in [3.05, 3.63) is 104 Å². The minimum atomic E-state index is -6.80. The van der Waals surface area contributed by atoms with Gasteiger partial charge in [-0.15, -0.1) is 5.06 Å². The molecule has 1 fully saturated rings. The molecule has 0 aliphatic heterocycles. The van der Waals surface area contributed by atoms with Gasteiger partial charge < -0.3 is 10.2 Å². The third kappa shape index (κ3) is 8.11. The number of carbonyl (C=O) groups is 3. The highest BCUT2D eigenvalue weighted by molar-refractivity contribution is 9.10. The second-order valence-electron chi connectivity index (χ2n) is 11.9. The monoisotopic (exact) mass is 872 g/mol. The number of carbonyl (C=O) groups excluding carboxylic acids is 3. The summed E-state index contributed by atoms with van der Waals surface area (Å²) in [6, 6.07) is 4.62. The number of alkyl halides is 10. The van der Waals surface area contributed by atoms with Gasteiger partial charge in [0.05, 0.1) is 22.7 Å². The van der Waals surface area contributed by atoms with Crippen LogP contribution in [0, 0.1) is 28.9 Å². The zero-order chi connectivity index (χ0) is 40.2. The lowest BCUT2D eigenvalue weighted by molar-refractivity contribution is -0.348. The Labute approximate surface area is 308 Å². The Balaban J connectivity index is 1.80. The standard InChI is InChI=1S/C32H19BrCl2F12N2O4/c1-28(2)17(12-21(34)35)22(28)27(52)53-49(26(51)13-6-8-15(36)9-7-13)20-5-3-4-16(23(20)37)25(50)48-24-18(30(39,40)41)10-14(11-19(24)33)29(38,31(42,43)44)32(45,46)47/h3-12,17,22H,1-2H3,(H,48,50). The fourth-order valence-corrected chi connectivity index (χ4v) is 6.14. The first-order valence-electron chi connectivity index (χ1n) is 14.3. The fourth-order valence-electron chi connectivity index (χ4n) is 5.31. The van der Waals surface area contributed by atoms with Crippen LogP contribution in [0.2, 0.25) is 0 Å². The molecule has 1 aliphatic carbocycles. The summed E-state index contributed by atoms with van der Waals surface area (Å²) in [7, 11) is 0. The van der Waals surface area contributed by atoms with E-state index in [1.165, 1.54) is 11.4 Å². The van der Waals surface area contributed by atoms with Crippen molar-refractivity contribution in [2.45, 2.75) is 38.0 Å². The van der Waals surface area contributed by atoms with Gasteiger partial charge in [0.2, 0.25) is 0 Å². The molecule has 1 saturated carbocycles. The van der Waals surface area contributed by atoms with Crippen LogP contribution in [0.5, 0.6) is 0 Å². The average Bonchev–Trinajstić information content (AvgIpc) is 3.56. The average molecular weight is 874 g/mol. The number of hydrogen-bond acceptors (Lipinski definition) is 4. The van der Waals surface area contributed by atoms with Crippen molar-refractivity contribution < 1.29 is 71.9 Å². The molecule has 0 radical (unpaired) electrons. The molecule has 4 rings (SSSR count). The SMILES string of the molecule is CC1(C)C(C=C(Cl)Cl)C1C(=O)ON(C(=O)c1ccc(F)cc1)c1cccc(C(=O)Nc2c(Br)cc(C(F)(C(F)(F)F)C(F)(F)F)cc2C(F)(F)F)c1F. The van der Waals surface area contributed by atoms with Gasteiger partial charge >= 0.3 is 30.2 Å². The Bertz CT molecular complexity index is 1960. The van der Waals surface area contributed by atoms with Gasteiger partial charge in [0.15, 0.2) is 5.82 Å². The van der Waals surface area contributed by atoms with Crippen LogP contribution >= 0.6 is 39.1 Å². The van der Waals surface area contributed by atoms with Gasteiger partial charge in [-0.3, -0.25) is 9.59 Å². The van der Waals surface area contributed by atoms with Crippen molar-refractivity contribution >= 4 is 68.3 Å². The van der Waals surface area contributed by atoms with Gasteiger partial charge in [-0.05, 0) is 81.9 Å². The molecule has 3 aromatic rings. The summed E-state index contributed by atoms with van der Waals surface area (Å²) in [5, 5.41) is 1.59. The number of allylic oxidation sites excluding steroid dienone is 1. The summed E-state index contributed by atoms with van der Waals surface area (Å²) >= 11 is 13.7. The third-order valence-corrected chi connectivity index (χ3v) is 9.06. The molecule has 0 saturated heterocycles. The number of amides is 2. The highest BCUT2D eigenvalue weighted by atomic mass is 79.9. The van der Waals surface area contributed by atoms with E-state index in [0.29, 0.717) is 6.07 Å². The maximum atomic E-state index is 16.1. The van der Waals surface area contributed by atoms with Crippen molar-refractivity contribution in [1.29, 1.82) is 0 Å². The Morgan fingerprint density at radius 3 is 1.96 bits per heavy atom. The Hall–Kier alpha value is -3.97. The lowest BCUT2D eigenvalue weighted by atomic mass is 9.92. The molecular weight excluding hydrogens is 855 g/mol. The zero-order valence-corrected chi connectivity index (χ0v) is 29.3. The molecule has 0 bridgehead atoms. The van der Waals surface area contributed by atoms with E-state index in [-0.39, 0.29) is 15.6 Å². The molecular formula is C32H19BrCl2F12N2O4. The molecule has 0 aromatic heterocycles. The minimum absolute atomic E-state index is 0.0696. The summed E-state index contributed by atoms with van der Waals surface area (Å²) in [4.78, 5) is 45.3. The van der Waals surface area contributed by atoms with E-state index in [0.717, 1.165) is 36.4 Å². The highest BCUT2D eigenvalue weighted by Crippen LogP contribution is 2.60. The largest absolute Gasteiger partial charge is 0.435 e. The molecule has 6 nitrogen and oxygen atoms in total. The van der Waals surface area contributed by atoms with Crippen molar-refractivity contribution in [2.24, 2.45) is 17.3 Å². The lowest BCUT2D eigenvalue weighted by Crippen LogP contribution is -2.50. The number of benzene rings is 3. The molecule has 2 amide bonds. The van der Waals surface area contributed by atoms with Crippen LogP contribution in [0.3, 0.4) is 0 Å². The van der Waals surface area contributed by atoms with E-state index in [9.17, 15) is 62.7 Å². The normalized spacial score (nSPS) is 17.2. The summed E-state index contributed by atoms with van der Waals surface area (Å²) < 4.78 is 165. The number of rotatable bonds is 7. The fraction of sp³-hybridized carbons (Fsp3) is 0.281. The van der Waals surface area contributed by atoms with E-state index in [4.69, 9.17) is 28.0 Å². The topological polar surface area (TPSA) is 75.7 Å². The van der Waals surface area contributed by atoms with Gasteiger partial charge in [0.25, 0.3) is 11.8 Å². The summed E-state index contributed by atoms with van der Waals surface area (Å²) in [5.41, 5.74) is -16.3. The Morgan fingerprint density at radius 2 is 1.45 bits per heavy atom. The quantitative estimate of drug-likeness (QED) is 0.190. The lowest BCUT2D eigenvalue weighted by Gasteiger charge is -2.31. The van der Waals surface area contributed by atoms with Crippen LogP contribution in [0.1, 0.15) is 45.7 Å². The van der Waals surface area contributed by atoms with Gasteiger partial charge in [-0.1, -0.05) is 43.1 Å². The van der Waals surface area contributed by atoms with Crippen LogP contribution in [0.15, 0.2) is 69.6 Å². The molecule has 3 aromatic carbocycles. The van der Waals surface area contributed by atoms with Crippen molar-refractivity contribution in [3.8, 4) is 0 Å². The van der Waals surface area contributed by atoms with Gasteiger partial charge in [-0.25, -0.2) is 18.0 Å². The van der Waals surface area contributed by atoms with E-state index < -0.39 is 115 Å². The molecule has 21 heteroatoms. The first-order valence-corrected chi connectivity index (χ1v) is 15.9. The summed E-state index contributed by atoms with van der Waals surface area (Å²) in [6.07, 6.45) is -18.1. The van der Waals surface area contributed by atoms with Gasteiger partial charge in [0, 0.05) is 15.6 Å². The van der Waals surface area contributed by atoms with Gasteiger partial charge in [0.1, 0.15) is 16.0 Å². The number of anilines is 2. The number of hydroxylamine groups is 1. The van der Waals surface area contributed by atoms with Crippen molar-refractivity contribution in [2.75, 3.05) is 10.4 Å². The summed E-state index contributed by atoms with van der Waals surface area (Å²) in [6.45, 7) is 3.18. The van der Waals surface area contributed by atoms with E-state index in [1.807, 2.05) is 0 Å². The van der Waals surface area contributed by atoms with Crippen LogP contribution in [-0.2, 0) is 21.5 Å². The number of nitrogens with one attached hydrogen (secondary N) is 1. The molecule has 286 valence electrons. The van der Waals surface area contributed by atoms with E-state index >= 15 is 4.39 Å². The predicted octanol–water partition coefficient (Wildman–Crippen LogP) is 11.0. The predicted molar refractivity (Wildman–Crippen MR) is 168 cm³/mol.